The summed E-state index contributed by atoms with van der Waals surface area (Å²) >= 11 is 0. The zero-order chi connectivity index (χ0) is 8.81. The number of nitrogens with two attached hydrogens (primary N) is 1. The summed E-state index contributed by atoms with van der Waals surface area (Å²) in [5.41, 5.74) is 5.41. The number of nitrogens with zero attached hydrogens (tertiary/aromatic N) is 2. The van der Waals surface area contributed by atoms with E-state index in [9.17, 15) is 4.79 Å². The normalized spacial score (nSPS) is 19.6. The first kappa shape index (κ1) is 9.48. The van der Waals surface area contributed by atoms with Crippen molar-refractivity contribution in [3.8, 4) is 0 Å². The minimum Gasteiger partial charge on any atom is -0.343 e. The first-order valence-corrected chi connectivity index (χ1v) is 4.48. The fraction of sp³-hybridized carbons (Fsp3) is 0.875. The molecular formula is C8H17N3O. The maximum Gasteiger partial charge on any atom is 0.209 e. The molecule has 1 fully saturated rings. The molecule has 70 valence electrons. The number of amides is 1. The van der Waals surface area contributed by atoms with E-state index in [1.165, 1.54) is 0 Å². The molecule has 1 aliphatic rings. The van der Waals surface area contributed by atoms with Gasteiger partial charge in [-0.1, -0.05) is 0 Å². The molecule has 1 rings (SSSR count). The van der Waals surface area contributed by atoms with Crippen molar-refractivity contribution in [1.82, 2.24) is 9.80 Å². The van der Waals surface area contributed by atoms with Crippen molar-refractivity contribution in [2.75, 3.05) is 39.3 Å². The molecule has 0 unspecified atom stereocenters. The van der Waals surface area contributed by atoms with Crippen molar-refractivity contribution in [1.29, 1.82) is 0 Å². The molecular weight excluding hydrogens is 154 g/mol. The van der Waals surface area contributed by atoms with E-state index in [0.717, 1.165) is 52.1 Å². The number of carbonyl (C=O) groups excluding carboxylic acids is 1. The zero-order valence-electron chi connectivity index (χ0n) is 7.41. The lowest BCUT2D eigenvalue weighted by atomic mass is 10.3. The summed E-state index contributed by atoms with van der Waals surface area (Å²) in [5.74, 6) is 0. The third kappa shape index (κ3) is 2.79. The third-order valence-corrected chi connectivity index (χ3v) is 2.23. The Morgan fingerprint density at radius 3 is 2.42 bits per heavy atom. The van der Waals surface area contributed by atoms with E-state index in [1.807, 2.05) is 4.90 Å². The van der Waals surface area contributed by atoms with Crippen LogP contribution in [0.3, 0.4) is 0 Å². The van der Waals surface area contributed by atoms with Crippen LogP contribution in [0, 0.1) is 0 Å². The predicted octanol–water partition coefficient (Wildman–Crippen LogP) is -0.891. The van der Waals surface area contributed by atoms with Gasteiger partial charge in [-0.15, -0.1) is 0 Å². The van der Waals surface area contributed by atoms with Crippen LogP contribution in [0.5, 0.6) is 0 Å². The summed E-state index contributed by atoms with van der Waals surface area (Å²) < 4.78 is 0. The molecule has 4 nitrogen and oxygen atoms in total. The van der Waals surface area contributed by atoms with Crippen LogP contribution in [0.15, 0.2) is 0 Å². The van der Waals surface area contributed by atoms with Crippen molar-refractivity contribution in [3.63, 3.8) is 0 Å². The van der Waals surface area contributed by atoms with E-state index in [4.69, 9.17) is 5.73 Å². The van der Waals surface area contributed by atoms with Crippen LogP contribution in [0.2, 0.25) is 0 Å². The molecule has 0 bridgehead atoms. The SMILES string of the molecule is NCCCN1CCN(C=O)CC1. The second-order valence-corrected chi connectivity index (χ2v) is 3.13. The highest BCUT2D eigenvalue weighted by atomic mass is 16.1. The molecule has 0 saturated carbocycles. The first-order chi connectivity index (χ1) is 5.86. The van der Waals surface area contributed by atoms with Gasteiger partial charge in [0.05, 0.1) is 0 Å². The molecule has 0 aromatic carbocycles. The molecule has 1 aliphatic heterocycles. The summed E-state index contributed by atoms with van der Waals surface area (Å²) in [5, 5.41) is 0. The largest absolute Gasteiger partial charge is 0.343 e. The molecule has 0 atom stereocenters. The van der Waals surface area contributed by atoms with E-state index in [1.54, 1.807) is 0 Å². The Bertz CT molecular complexity index is 132. The summed E-state index contributed by atoms with van der Waals surface area (Å²) in [6.45, 7) is 5.57. The van der Waals surface area contributed by atoms with Gasteiger partial charge in [0.15, 0.2) is 0 Å². The highest BCUT2D eigenvalue weighted by molar-refractivity contribution is 5.47. The minimum atomic E-state index is 0.758. The van der Waals surface area contributed by atoms with E-state index in [-0.39, 0.29) is 0 Å². The van der Waals surface area contributed by atoms with Crippen LogP contribution >= 0.6 is 0 Å². The van der Waals surface area contributed by atoms with E-state index >= 15 is 0 Å². The molecule has 1 heterocycles. The van der Waals surface area contributed by atoms with Gasteiger partial charge in [-0.2, -0.15) is 0 Å². The Morgan fingerprint density at radius 1 is 1.25 bits per heavy atom. The summed E-state index contributed by atoms with van der Waals surface area (Å²) in [6, 6.07) is 0. The third-order valence-electron chi connectivity index (χ3n) is 2.23. The van der Waals surface area contributed by atoms with Crippen molar-refractivity contribution in [3.05, 3.63) is 0 Å². The van der Waals surface area contributed by atoms with Crippen LogP contribution in [-0.4, -0.2) is 55.5 Å². The molecule has 0 spiro atoms. The standard InChI is InChI=1S/C8H17N3O/c9-2-1-3-10-4-6-11(8-12)7-5-10/h8H,1-7,9H2. The summed E-state index contributed by atoms with van der Waals surface area (Å²) in [6.07, 6.45) is 1.99. The maximum absolute atomic E-state index is 10.4. The topological polar surface area (TPSA) is 49.6 Å². The van der Waals surface area contributed by atoms with E-state index in [0.29, 0.717) is 0 Å². The fourth-order valence-corrected chi connectivity index (χ4v) is 1.41. The molecule has 12 heavy (non-hydrogen) atoms. The average Bonchev–Trinajstić information content (AvgIpc) is 2.15. The molecule has 0 aliphatic carbocycles. The molecule has 0 aromatic heterocycles. The Labute approximate surface area is 73.3 Å². The van der Waals surface area contributed by atoms with Crippen LogP contribution in [0.1, 0.15) is 6.42 Å². The predicted molar refractivity (Wildman–Crippen MR) is 47.7 cm³/mol. The number of hydrogen-bond acceptors (Lipinski definition) is 3. The van der Waals surface area contributed by atoms with Crippen molar-refractivity contribution in [2.45, 2.75) is 6.42 Å². The lowest BCUT2D eigenvalue weighted by Crippen LogP contribution is -2.46. The van der Waals surface area contributed by atoms with Gasteiger partial charge in [0, 0.05) is 26.2 Å². The highest BCUT2D eigenvalue weighted by Gasteiger charge is 2.13. The monoisotopic (exact) mass is 171 g/mol. The second kappa shape index (κ2) is 5.11. The highest BCUT2D eigenvalue weighted by Crippen LogP contribution is 1.99. The molecule has 2 N–H and O–H groups in total. The Balaban J connectivity index is 2.12. The van der Waals surface area contributed by atoms with Crippen molar-refractivity contribution >= 4 is 6.41 Å². The van der Waals surface area contributed by atoms with Crippen LogP contribution in [0.25, 0.3) is 0 Å². The Morgan fingerprint density at radius 2 is 1.92 bits per heavy atom. The van der Waals surface area contributed by atoms with Gasteiger partial charge in [0.1, 0.15) is 0 Å². The van der Waals surface area contributed by atoms with Gasteiger partial charge >= 0.3 is 0 Å². The van der Waals surface area contributed by atoms with Crippen molar-refractivity contribution < 1.29 is 4.79 Å². The Hall–Kier alpha value is -0.610. The van der Waals surface area contributed by atoms with Crippen LogP contribution in [0.4, 0.5) is 0 Å². The Kier molecular flexibility index (Phi) is 4.04. The second-order valence-electron chi connectivity index (χ2n) is 3.13. The summed E-state index contributed by atoms with van der Waals surface area (Å²) in [4.78, 5) is 14.5. The number of piperazine rings is 1. The number of hydrogen-bond donors (Lipinski definition) is 1. The van der Waals surface area contributed by atoms with Crippen molar-refractivity contribution in [2.24, 2.45) is 5.73 Å². The number of rotatable bonds is 4. The van der Waals surface area contributed by atoms with Crippen LogP contribution in [-0.2, 0) is 4.79 Å². The quantitative estimate of drug-likeness (QED) is 0.558. The van der Waals surface area contributed by atoms with E-state index < -0.39 is 0 Å². The molecule has 1 saturated heterocycles. The first-order valence-electron chi connectivity index (χ1n) is 4.48. The van der Waals surface area contributed by atoms with Gasteiger partial charge in [-0.25, -0.2) is 0 Å². The fourth-order valence-electron chi connectivity index (χ4n) is 1.41. The van der Waals surface area contributed by atoms with Gasteiger partial charge < -0.3 is 10.6 Å². The maximum atomic E-state index is 10.4. The lowest BCUT2D eigenvalue weighted by Gasteiger charge is -2.32. The number of carbonyl (C=O) groups is 1. The molecule has 0 radical (unpaired) electrons. The molecule has 1 amide bonds. The van der Waals surface area contributed by atoms with Gasteiger partial charge in [0.25, 0.3) is 0 Å². The lowest BCUT2D eigenvalue weighted by molar-refractivity contribution is -0.119. The van der Waals surface area contributed by atoms with Gasteiger partial charge in [-0.05, 0) is 19.5 Å². The van der Waals surface area contributed by atoms with Crippen LogP contribution < -0.4 is 5.73 Å². The average molecular weight is 171 g/mol. The summed E-state index contributed by atoms with van der Waals surface area (Å²) in [7, 11) is 0. The molecule has 4 heteroatoms. The molecule has 0 aromatic rings. The van der Waals surface area contributed by atoms with Gasteiger partial charge in [-0.3, -0.25) is 9.69 Å². The van der Waals surface area contributed by atoms with Gasteiger partial charge in [0.2, 0.25) is 6.41 Å². The zero-order valence-corrected chi connectivity index (χ0v) is 7.41. The minimum absolute atomic E-state index is 0.758. The smallest absolute Gasteiger partial charge is 0.209 e. The van der Waals surface area contributed by atoms with E-state index in [2.05, 4.69) is 4.90 Å².